The van der Waals surface area contributed by atoms with E-state index < -0.39 is 24.1 Å². The van der Waals surface area contributed by atoms with Gasteiger partial charge < -0.3 is 14.2 Å². The number of rotatable bonds is 13. The van der Waals surface area contributed by atoms with E-state index in [-0.39, 0.29) is 25.2 Å². The summed E-state index contributed by atoms with van der Waals surface area (Å²) in [4.78, 5) is 35.2. The van der Waals surface area contributed by atoms with E-state index in [1.807, 2.05) is 13.8 Å². The third kappa shape index (κ3) is 10.8. The van der Waals surface area contributed by atoms with Crippen LogP contribution in [0.4, 0.5) is 0 Å². The average molecular weight is 342 g/mol. The molecule has 0 aromatic rings. The Balaban J connectivity index is 4.55. The Morgan fingerprint density at radius 2 is 1.38 bits per heavy atom. The maximum atomic E-state index is 12.1. The van der Waals surface area contributed by atoms with E-state index in [1.165, 1.54) is 6.08 Å². The van der Waals surface area contributed by atoms with E-state index in [0.717, 1.165) is 12.8 Å². The molecule has 0 radical (unpaired) electrons. The van der Waals surface area contributed by atoms with Gasteiger partial charge in [-0.2, -0.15) is 0 Å². The van der Waals surface area contributed by atoms with Crippen LogP contribution >= 0.6 is 0 Å². The third-order valence-corrected chi connectivity index (χ3v) is 3.22. The highest BCUT2D eigenvalue weighted by molar-refractivity contribution is 5.74. The first-order valence-electron chi connectivity index (χ1n) is 8.62. The Morgan fingerprint density at radius 3 is 1.83 bits per heavy atom. The number of carbonyl (C=O) groups is 3. The average Bonchev–Trinajstić information content (AvgIpc) is 2.47. The van der Waals surface area contributed by atoms with Crippen molar-refractivity contribution in [2.45, 2.75) is 77.9 Å². The molecule has 0 saturated heterocycles. The van der Waals surface area contributed by atoms with E-state index in [9.17, 15) is 14.4 Å². The zero-order valence-electron chi connectivity index (χ0n) is 15.0. The normalized spacial score (nSPS) is 12.8. The molecule has 0 spiro atoms. The van der Waals surface area contributed by atoms with Crippen LogP contribution in [0.5, 0.6) is 0 Å². The van der Waals surface area contributed by atoms with Gasteiger partial charge in [0.05, 0.1) is 25.9 Å². The van der Waals surface area contributed by atoms with Crippen molar-refractivity contribution < 1.29 is 28.6 Å². The summed E-state index contributed by atoms with van der Waals surface area (Å²) in [5.74, 6) is -1.26. The molecule has 24 heavy (non-hydrogen) atoms. The molecule has 6 nitrogen and oxygen atoms in total. The third-order valence-electron chi connectivity index (χ3n) is 3.22. The van der Waals surface area contributed by atoms with Crippen LogP contribution in [0.3, 0.4) is 0 Å². The summed E-state index contributed by atoms with van der Waals surface area (Å²) < 4.78 is 15.5. The quantitative estimate of drug-likeness (QED) is 0.290. The molecule has 0 N–H and O–H groups in total. The molecule has 0 saturated carbocycles. The van der Waals surface area contributed by atoms with Gasteiger partial charge in [-0.1, -0.05) is 32.8 Å². The monoisotopic (exact) mass is 342 g/mol. The van der Waals surface area contributed by atoms with Crippen LogP contribution in [0.2, 0.25) is 0 Å². The van der Waals surface area contributed by atoms with Gasteiger partial charge in [-0.05, 0) is 19.8 Å². The fourth-order valence-corrected chi connectivity index (χ4v) is 2.23. The number of esters is 3. The van der Waals surface area contributed by atoms with Crippen LogP contribution in [-0.2, 0) is 28.6 Å². The summed E-state index contributed by atoms with van der Waals surface area (Å²) in [5.41, 5.74) is 0. The Labute approximate surface area is 144 Å². The summed E-state index contributed by atoms with van der Waals surface area (Å²) in [6, 6.07) is 0. The van der Waals surface area contributed by atoms with Gasteiger partial charge in [0, 0.05) is 0 Å². The van der Waals surface area contributed by atoms with Crippen LogP contribution in [0.15, 0.2) is 12.7 Å². The summed E-state index contributed by atoms with van der Waals surface area (Å²) in [6.07, 6.45) is 3.30. The van der Waals surface area contributed by atoms with Crippen molar-refractivity contribution in [3.63, 3.8) is 0 Å². The molecule has 0 heterocycles. The van der Waals surface area contributed by atoms with Crippen molar-refractivity contribution >= 4 is 17.9 Å². The highest BCUT2D eigenvalue weighted by Gasteiger charge is 2.22. The molecular weight excluding hydrogens is 312 g/mol. The fraction of sp³-hybridized carbons (Fsp3) is 0.722. The van der Waals surface area contributed by atoms with Gasteiger partial charge >= 0.3 is 17.9 Å². The first kappa shape index (κ1) is 22.1. The van der Waals surface area contributed by atoms with E-state index in [0.29, 0.717) is 19.4 Å². The number of carbonyl (C=O) groups excluding carboxylic acids is 3. The zero-order valence-corrected chi connectivity index (χ0v) is 15.0. The maximum absolute atomic E-state index is 12.1. The van der Waals surface area contributed by atoms with Crippen molar-refractivity contribution in [3.8, 4) is 0 Å². The summed E-state index contributed by atoms with van der Waals surface area (Å²) in [7, 11) is 0. The first-order chi connectivity index (χ1) is 11.5. The molecule has 0 rings (SSSR count). The Morgan fingerprint density at radius 1 is 0.875 bits per heavy atom. The minimum atomic E-state index is -0.514. The number of hydrogen-bond acceptors (Lipinski definition) is 6. The van der Waals surface area contributed by atoms with Gasteiger partial charge in [-0.25, -0.2) is 0 Å². The van der Waals surface area contributed by atoms with E-state index in [4.69, 9.17) is 14.2 Å². The molecule has 0 bridgehead atoms. The van der Waals surface area contributed by atoms with Crippen molar-refractivity contribution in [3.05, 3.63) is 12.7 Å². The van der Waals surface area contributed by atoms with Gasteiger partial charge in [-0.3, -0.25) is 14.4 Å². The smallest absolute Gasteiger partial charge is 0.309 e. The minimum absolute atomic E-state index is 0.0141. The lowest BCUT2D eigenvalue weighted by Gasteiger charge is -2.20. The second-order valence-corrected chi connectivity index (χ2v) is 5.51. The molecule has 138 valence electrons. The molecule has 0 aromatic heterocycles. The maximum Gasteiger partial charge on any atom is 0.309 e. The predicted octanol–water partition coefficient (Wildman–Crippen LogP) is 3.33. The van der Waals surface area contributed by atoms with Crippen LogP contribution < -0.4 is 0 Å². The van der Waals surface area contributed by atoms with Crippen LogP contribution in [0.25, 0.3) is 0 Å². The van der Waals surface area contributed by atoms with Crippen molar-refractivity contribution in [2.75, 3.05) is 6.61 Å². The molecule has 0 aliphatic carbocycles. The summed E-state index contributed by atoms with van der Waals surface area (Å²) in [6.45, 7) is 9.40. The fourth-order valence-electron chi connectivity index (χ4n) is 2.23. The summed E-state index contributed by atoms with van der Waals surface area (Å²) in [5, 5.41) is 0. The topological polar surface area (TPSA) is 78.9 Å². The molecule has 0 aliphatic rings. The van der Waals surface area contributed by atoms with Crippen molar-refractivity contribution in [2.24, 2.45) is 0 Å². The van der Waals surface area contributed by atoms with E-state index >= 15 is 0 Å². The van der Waals surface area contributed by atoms with Gasteiger partial charge in [0.1, 0.15) is 12.2 Å². The largest absolute Gasteiger partial charge is 0.466 e. The molecule has 6 heteroatoms. The summed E-state index contributed by atoms with van der Waals surface area (Å²) >= 11 is 0. The van der Waals surface area contributed by atoms with E-state index in [1.54, 1.807) is 6.92 Å². The molecule has 2 unspecified atom stereocenters. The second-order valence-electron chi connectivity index (χ2n) is 5.51. The number of ether oxygens (including phenoxy) is 3. The van der Waals surface area contributed by atoms with Crippen LogP contribution in [-0.4, -0.2) is 36.7 Å². The Bertz CT molecular complexity index is 404. The zero-order chi connectivity index (χ0) is 18.4. The van der Waals surface area contributed by atoms with Gasteiger partial charge in [0.25, 0.3) is 0 Å². The molecule has 0 aliphatic heterocycles. The SMILES string of the molecule is C=CCC(=O)OC(CCC)CC(=O)OC(CCC)CC(=O)OCC. The molecule has 0 fully saturated rings. The Kier molecular flexibility index (Phi) is 12.5. The minimum Gasteiger partial charge on any atom is -0.466 e. The Hall–Kier alpha value is -1.85. The second kappa shape index (κ2) is 13.6. The van der Waals surface area contributed by atoms with Gasteiger partial charge in [-0.15, -0.1) is 6.58 Å². The first-order valence-corrected chi connectivity index (χ1v) is 8.62. The van der Waals surface area contributed by atoms with Crippen LogP contribution in [0.1, 0.15) is 65.7 Å². The molecule has 2 atom stereocenters. The molecular formula is C18H30O6. The predicted molar refractivity (Wildman–Crippen MR) is 90.3 cm³/mol. The van der Waals surface area contributed by atoms with Crippen molar-refractivity contribution in [1.82, 2.24) is 0 Å². The lowest BCUT2D eigenvalue weighted by molar-refractivity contribution is -0.160. The highest BCUT2D eigenvalue weighted by Crippen LogP contribution is 2.14. The highest BCUT2D eigenvalue weighted by atomic mass is 16.6. The molecule has 0 aromatic carbocycles. The van der Waals surface area contributed by atoms with Gasteiger partial charge in [0.2, 0.25) is 0 Å². The lowest BCUT2D eigenvalue weighted by Crippen LogP contribution is -2.27. The van der Waals surface area contributed by atoms with Crippen molar-refractivity contribution in [1.29, 1.82) is 0 Å². The van der Waals surface area contributed by atoms with Gasteiger partial charge in [0.15, 0.2) is 0 Å². The lowest BCUT2D eigenvalue weighted by atomic mass is 10.1. The standard InChI is InChI=1S/C18H30O6/c1-5-9-14(12-17(20)22-8-4)24-18(21)13-15(10-6-2)23-16(19)11-7-3/h7,14-15H,3,5-6,8-13H2,1-2,4H3. The van der Waals surface area contributed by atoms with E-state index in [2.05, 4.69) is 6.58 Å². The number of hydrogen-bond donors (Lipinski definition) is 0. The van der Waals surface area contributed by atoms with Crippen LogP contribution in [0, 0.1) is 0 Å². The molecule has 0 amide bonds.